The molecule has 1 aliphatic heterocycles. The highest BCUT2D eigenvalue weighted by atomic mass is 19.1. The summed E-state index contributed by atoms with van der Waals surface area (Å²) in [6.07, 6.45) is 1.59. The number of benzene rings is 2. The van der Waals surface area contributed by atoms with Crippen molar-refractivity contribution in [3.05, 3.63) is 65.2 Å². The van der Waals surface area contributed by atoms with Crippen LogP contribution in [0.5, 0.6) is 0 Å². The Hall–Kier alpha value is -2.49. The largest absolute Gasteiger partial charge is 0.321 e. The Morgan fingerprint density at radius 3 is 2.58 bits per heavy atom. The Morgan fingerprint density at radius 1 is 1.00 bits per heavy atom. The van der Waals surface area contributed by atoms with Crippen molar-refractivity contribution < 1.29 is 13.6 Å². The van der Waals surface area contributed by atoms with E-state index in [1.54, 1.807) is 18.2 Å². The van der Waals surface area contributed by atoms with Crippen LogP contribution in [0.2, 0.25) is 0 Å². The summed E-state index contributed by atoms with van der Waals surface area (Å²) in [6.45, 7) is 0. The minimum absolute atomic E-state index is 0.315. The number of rotatable bonds is 1. The Kier molecular flexibility index (Phi) is 2.63. The molecule has 1 N–H and O–H groups in total. The lowest BCUT2D eigenvalue weighted by atomic mass is 10.0. The minimum atomic E-state index is -0.411. The zero-order valence-corrected chi connectivity index (χ0v) is 9.78. The summed E-state index contributed by atoms with van der Waals surface area (Å²) in [5.74, 6) is -1.09. The standard InChI is InChI=1S/C15H9F2NO/c16-10-3-1-2-9(6-10)7-13-12-5-4-11(17)8-14(12)18-15(13)19/h1-8H,(H,18,19). The van der Waals surface area contributed by atoms with Gasteiger partial charge in [-0.3, -0.25) is 4.79 Å². The van der Waals surface area contributed by atoms with Crippen LogP contribution >= 0.6 is 0 Å². The van der Waals surface area contributed by atoms with Crippen LogP contribution in [0.3, 0.4) is 0 Å². The van der Waals surface area contributed by atoms with Gasteiger partial charge in [0.1, 0.15) is 11.6 Å². The topological polar surface area (TPSA) is 29.1 Å². The molecule has 0 radical (unpaired) electrons. The van der Waals surface area contributed by atoms with Crippen LogP contribution in [0.15, 0.2) is 42.5 Å². The smallest absolute Gasteiger partial charge is 0.256 e. The maximum absolute atomic E-state index is 13.1. The summed E-state index contributed by atoms with van der Waals surface area (Å²) in [4.78, 5) is 11.8. The number of nitrogens with one attached hydrogen (secondary N) is 1. The first kappa shape index (κ1) is 11.6. The summed E-state index contributed by atoms with van der Waals surface area (Å²) in [5, 5.41) is 2.58. The molecule has 4 heteroatoms. The molecule has 0 fully saturated rings. The van der Waals surface area contributed by atoms with E-state index in [9.17, 15) is 13.6 Å². The van der Waals surface area contributed by atoms with Gasteiger partial charge in [0.2, 0.25) is 0 Å². The summed E-state index contributed by atoms with van der Waals surface area (Å²) >= 11 is 0. The van der Waals surface area contributed by atoms with E-state index in [4.69, 9.17) is 0 Å². The van der Waals surface area contributed by atoms with Crippen LogP contribution in [-0.2, 0) is 4.79 Å². The lowest BCUT2D eigenvalue weighted by molar-refractivity contribution is -0.110. The second-order valence-corrected chi connectivity index (χ2v) is 4.26. The first-order valence-electron chi connectivity index (χ1n) is 5.72. The van der Waals surface area contributed by atoms with Gasteiger partial charge < -0.3 is 5.32 Å². The van der Waals surface area contributed by atoms with Gasteiger partial charge in [-0.25, -0.2) is 8.78 Å². The van der Waals surface area contributed by atoms with Gasteiger partial charge in [-0.2, -0.15) is 0 Å². The molecular weight excluding hydrogens is 248 g/mol. The van der Waals surface area contributed by atoms with Gasteiger partial charge in [0, 0.05) is 11.1 Å². The fraction of sp³-hybridized carbons (Fsp3) is 0. The van der Waals surface area contributed by atoms with Crippen molar-refractivity contribution in [1.82, 2.24) is 0 Å². The SMILES string of the molecule is O=C1Nc2cc(F)ccc2C1=Cc1cccc(F)c1. The maximum atomic E-state index is 13.1. The first-order valence-corrected chi connectivity index (χ1v) is 5.72. The molecular formula is C15H9F2NO. The molecule has 0 saturated heterocycles. The number of hydrogen-bond acceptors (Lipinski definition) is 1. The number of fused-ring (bicyclic) bond motifs is 1. The van der Waals surface area contributed by atoms with Crippen molar-refractivity contribution in [2.45, 2.75) is 0 Å². The average molecular weight is 257 g/mol. The van der Waals surface area contributed by atoms with Gasteiger partial charge in [0.25, 0.3) is 5.91 Å². The summed E-state index contributed by atoms with van der Waals surface area (Å²) < 4.78 is 26.2. The number of hydrogen-bond donors (Lipinski definition) is 1. The molecule has 1 aliphatic rings. The van der Waals surface area contributed by atoms with E-state index in [1.165, 1.54) is 30.3 Å². The van der Waals surface area contributed by atoms with Crippen LogP contribution < -0.4 is 5.32 Å². The van der Waals surface area contributed by atoms with E-state index >= 15 is 0 Å². The van der Waals surface area contributed by atoms with Crippen LogP contribution in [0.4, 0.5) is 14.5 Å². The molecule has 94 valence electrons. The number of carbonyl (C=O) groups excluding carboxylic acids is 1. The van der Waals surface area contributed by atoms with Crippen molar-refractivity contribution in [2.24, 2.45) is 0 Å². The lowest BCUT2D eigenvalue weighted by Gasteiger charge is -1.99. The highest BCUT2D eigenvalue weighted by Gasteiger charge is 2.24. The van der Waals surface area contributed by atoms with Crippen molar-refractivity contribution in [3.8, 4) is 0 Å². The molecule has 2 nitrogen and oxygen atoms in total. The Morgan fingerprint density at radius 2 is 1.79 bits per heavy atom. The van der Waals surface area contributed by atoms with E-state index in [0.29, 0.717) is 22.4 Å². The third kappa shape index (κ3) is 2.12. The molecule has 0 spiro atoms. The maximum Gasteiger partial charge on any atom is 0.256 e. The lowest BCUT2D eigenvalue weighted by Crippen LogP contribution is -2.03. The summed E-state index contributed by atoms with van der Waals surface area (Å²) in [6, 6.07) is 10.0. The van der Waals surface area contributed by atoms with Gasteiger partial charge in [-0.1, -0.05) is 12.1 Å². The predicted molar refractivity (Wildman–Crippen MR) is 69.3 cm³/mol. The molecule has 19 heavy (non-hydrogen) atoms. The number of anilines is 1. The fourth-order valence-electron chi connectivity index (χ4n) is 2.07. The van der Waals surface area contributed by atoms with E-state index < -0.39 is 5.82 Å². The number of halogens is 2. The van der Waals surface area contributed by atoms with Crippen molar-refractivity contribution in [3.63, 3.8) is 0 Å². The molecule has 2 aromatic rings. The van der Waals surface area contributed by atoms with Gasteiger partial charge in [-0.05, 0) is 42.0 Å². The highest BCUT2D eigenvalue weighted by Crippen LogP contribution is 2.33. The molecule has 0 atom stereocenters. The van der Waals surface area contributed by atoms with E-state index in [0.717, 1.165) is 0 Å². The summed E-state index contributed by atoms with van der Waals surface area (Å²) in [7, 11) is 0. The van der Waals surface area contributed by atoms with E-state index in [-0.39, 0.29) is 11.7 Å². The van der Waals surface area contributed by atoms with Crippen LogP contribution in [0.1, 0.15) is 11.1 Å². The van der Waals surface area contributed by atoms with Crippen molar-refractivity contribution >= 4 is 23.2 Å². The molecule has 2 aromatic carbocycles. The molecule has 1 amide bonds. The zero-order chi connectivity index (χ0) is 13.4. The van der Waals surface area contributed by atoms with E-state index in [1.807, 2.05) is 0 Å². The molecule has 0 aliphatic carbocycles. The average Bonchev–Trinajstić information content (AvgIpc) is 2.65. The Labute approximate surface area is 108 Å². The monoisotopic (exact) mass is 257 g/mol. The van der Waals surface area contributed by atoms with Crippen molar-refractivity contribution in [2.75, 3.05) is 5.32 Å². The number of carbonyl (C=O) groups is 1. The van der Waals surface area contributed by atoms with Gasteiger partial charge in [0.05, 0.1) is 5.69 Å². The molecule has 0 aromatic heterocycles. The molecule has 1 heterocycles. The molecule has 0 bridgehead atoms. The second kappa shape index (κ2) is 4.31. The van der Waals surface area contributed by atoms with Crippen molar-refractivity contribution in [1.29, 1.82) is 0 Å². The first-order chi connectivity index (χ1) is 9.13. The fourth-order valence-corrected chi connectivity index (χ4v) is 2.07. The third-order valence-electron chi connectivity index (χ3n) is 2.92. The van der Waals surface area contributed by atoms with Gasteiger partial charge in [-0.15, -0.1) is 0 Å². The zero-order valence-electron chi connectivity index (χ0n) is 9.78. The second-order valence-electron chi connectivity index (χ2n) is 4.26. The summed E-state index contributed by atoms with van der Waals surface area (Å²) in [5.41, 5.74) is 2.05. The molecule has 0 unspecified atom stereocenters. The van der Waals surface area contributed by atoms with Gasteiger partial charge >= 0.3 is 0 Å². The molecule has 0 saturated carbocycles. The van der Waals surface area contributed by atoms with E-state index in [2.05, 4.69) is 5.32 Å². The van der Waals surface area contributed by atoms with Crippen LogP contribution in [0, 0.1) is 11.6 Å². The predicted octanol–water partition coefficient (Wildman–Crippen LogP) is 3.46. The number of amides is 1. The normalized spacial score (nSPS) is 15.5. The van der Waals surface area contributed by atoms with Gasteiger partial charge in [0.15, 0.2) is 0 Å². The quantitative estimate of drug-likeness (QED) is 0.779. The van der Waals surface area contributed by atoms with Crippen LogP contribution in [-0.4, -0.2) is 5.91 Å². The minimum Gasteiger partial charge on any atom is -0.321 e. The third-order valence-corrected chi connectivity index (χ3v) is 2.92. The Bertz CT molecular complexity index is 707. The molecule has 3 rings (SSSR count). The highest BCUT2D eigenvalue weighted by molar-refractivity contribution is 6.34. The Balaban J connectivity index is 2.09. The van der Waals surface area contributed by atoms with Crippen LogP contribution in [0.25, 0.3) is 11.6 Å².